The molecule has 0 aromatic carbocycles. The maximum Gasteiger partial charge on any atom is 0.131 e. The highest BCUT2D eigenvalue weighted by molar-refractivity contribution is 5.47. The minimum atomic E-state index is 0.548. The third-order valence-corrected chi connectivity index (χ3v) is 2.76. The van der Waals surface area contributed by atoms with Crippen molar-refractivity contribution in [1.29, 1.82) is 0 Å². The summed E-state index contributed by atoms with van der Waals surface area (Å²) >= 11 is 0. The van der Waals surface area contributed by atoms with Gasteiger partial charge in [-0.2, -0.15) is 0 Å². The number of hydrogen-bond donors (Lipinski definition) is 1. The van der Waals surface area contributed by atoms with Gasteiger partial charge in [0.25, 0.3) is 0 Å². The predicted octanol–water partition coefficient (Wildman–Crippen LogP) is 1.11. The average molecular weight is 207 g/mol. The molecule has 1 saturated heterocycles. The van der Waals surface area contributed by atoms with E-state index in [-0.39, 0.29) is 0 Å². The van der Waals surface area contributed by atoms with E-state index in [1.54, 1.807) is 0 Å². The highest BCUT2D eigenvalue weighted by Gasteiger charge is 2.16. The van der Waals surface area contributed by atoms with Crippen LogP contribution in [0.5, 0.6) is 0 Å². The van der Waals surface area contributed by atoms with Crippen LogP contribution in [0.1, 0.15) is 18.4 Å². The van der Waals surface area contributed by atoms with Crippen LogP contribution in [-0.4, -0.2) is 24.7 Å². The molecule has 82 valence electrons. The second-order valence-electron chi connectivity index (χ2n) is 3.80. The number of hydrogen-bond acceptors (Lipinski definition) is 4. The lowest BCUT2D eigenvalue weighted by molar-refractivity contribution is 0.141. The first-order valence-corrected chi connectivity index (χ1v) is 5.42. The third kappa shape index (κ3) is 2.46. The molecule has 0 bridgehead atoms. The predicted molar refractivity (Wildman–Crippen MR) is 59.5 cm³/mol. The molecule has 0 amide bonds. The normalized spacial score (nSPS) is 15.9. The summed E-state index contributed by atoms with van der Waals surface area (Å²) in [6.45, 7) is 2.79. The largest absolute Gasteiger partial charge is 0.356 e. The van der Waals surface area contributed by atoms with Crippen LogP contribution in [0.3, 0.4) is 0 Å². The zero-order valence-corrected chi connectivity index (χ0v) is 8.85. The highest BCUT2D eigenvalue weighted by atomic mass is 16.6. The summed E-state index contributed by atoms with van der Waals surface area (Å²) in [5.74, 6) is 6.15. The molecule has 2 rings (SSSR count). The summed E-state index contributed by atoms with van der Waals surface area (Å²) in [5.41, 5.74) is 1.23. The highest BCUT2D eigenvalue weighted by Crippen LogP contribution is 2.21. The van der Waals surface area contributed by atoms with Gasteiger partial charge in [-0.25, -0.2) is 10.9 Å². The van der Waals surface area contributed by atoms with Crippen molar-refractivity contribution in [1.82, 2.24) is 4.98 Å². The molecule has 0 spiro atoms. The van der Waals surface area contributed by atoms with E-state index in [9.17, 15) is 0 Å². The van der Waals surface area contributed by atoms with Crippen LogP contribution in [0, 0.1) is 0 Å². The fourth-order valence-corrected chi connectivity index (χ4v) is 2.01. The molecule has 0 saturated carbocycles. The van der Waals surface area contributed by atoms with Crippen LogP contribution in [0.4, 0.5) is 5.82 Å². The Morgan fingerprint density at radius 2 is 2.20 bits per heavy atom. The standard InChI is InChI=1S/C11H17N3O/c12-15-9-5-10-4-3-6-13-11(10)14-7-1-2-8-14/h3-4,6H,1-2,5,7-9,12H2. The minimum Gasteiger partial charge on any atom is -0.356 e. The average Bonchev–Trinajstić information content (AvgIpc) is 2.80. The molecule has 0 aliphatic carbocycles. The summed E-state index contributed by atoms with van der Waals surface area (Å²) in [5, 5.41) is 0. The second-order valence-corrected chi connectivity index (χ2v) is 3.80. The fraction of sp³-hybridized carbons (Fsp3) is 0.545. The van der Waals surface area contributed by atoms with Gasteiger partial charge in [-0.1, -0.05) is 6.07 Å². The van der Waals surface area contributed by atoms with Crippen molar-refractivity contribution in [3.05, 3.63) is 23.9 Å². The van der Waals surface area contributed by atoms with Crippen molar-refractivity contribution in [2.24, 2.45) is 5.90 Å². The monoisotopic (exact) mass is 207 g/mol. The first kappa shape index (κ1) is 10.4. The van der Waals surface area contributed by atoms with Crippen LogP contribution >= 0.6 is 0 Å². The van der Waals surface area contributed by atoms with Gasteiger partial charge in [0.1, 0.15) is 5.82 Å². The topological polar surface area (TPSA) is 51.4 Å². The Balaban J connectivity index is 2.13. The maximum atomic E-state index is 5.05. The van der Waals surface area contributed by atoms with Crippen molar-refractivity contribution in [3.8, 4) is 0 Å². The number of nitrogens with two attached hydrogens (primary N) is 1. The number of nitrogens with zero attached hydrogens (tertiary/aromatic N) is 2. The molecule has 4 heteroatoms. The number of aromatic nitrogens is 1. The van der Waals surface area contributed by atoms with Crippen molar-refractivity contribution < 1.29 is 4.84 Å². The Labute approximate surface area is 90.0 Å². The molecule has 1 aliphatic heterocycles. The van der Waals surface area contributed by atoms with E-state index in [1.807, 2.05) is 12.3 Å². The van der Waals surface area contributed by atoms with E-state index in [0.29, 0.717) is 6.61 Å². The van der Waals surface area contributed by atoms with E-state index in [2.05, 4.69) is 20.8 Å². The SMILES string of the molecule is NOCCc1cccnc1N1CCCC1. The number of anilines is 1. The zero-order valence-electron chi connectivity index (χ0n) is 8.85. The number of rotatable bonds is 4. The van der Waals surface area contributed by atoms with E-state index >= 15 is 0 Å². The van der Waals surface area contributed by atoms with Gasteiger partial charge in [0.2, 0.25) is 0 Å². The van der Waals surface area contributed by atoms with Gasteiger partial charge in [0.05, 0.1) is 6.61 Å². The Morgan fingerprint density at radius 1 is 1.40 bits per heavy atom. The zero-order chi connectivity index (χ0) is 10.5. The van der Waals surface area contributed by atoms with Gasteiger partial charge in [-0.15, -0.1) is 0 Å². The summed E-state index contributed by atoms with van der Waals surface area (Å²) in [6, 6.07) is 4.06. The van der Waals surface area contributed by atoms with Gasteiger partial charge in [-0.05, 0) is 24.5 Å². The molecule has 1 aliphatic rings. The van der Waals surface area contributed by atoms with Crippen LogP contribution in [-0.2, 0) is 11.3 Å². The Bertz CT molecular complexity index is 310. The Hall–Kier alpha value is -1.13. The molecule has 2 heterocycles. The smallest absolute Gasteiger partial charge is 0.131 e. The maximum absolute atomic E-state index is 5.05. The molecular formula is C11H17N3O. The molecule has 0 atom stereocenters. The molecule has 15 heavy (non-hydrogen) atoms. The lowest BCUT2D eigenvalue weighted by Crippen LogP contribution is -2.21. The van der Waals surface area contributed by atoms with Gasteiger partial charge in [-0.3, -0.25) is 0 Å². The molecule has 4 nitrogen and oxygen atoms in total. The van der Waals surface area contributed by atoms with Crippen molar-refractivity contribution in [2.75, 3.05) is 24.6 Å². The van der Waals surface area contributed by atoms with E-state index in [4.69, 9.17) is 5.90 Å². The van der Waals surface area contributed by atoms with E-state index in [0.717, 1.165) is 25.3 Å². The van der Waals surface area contributed by atoms with Gasteiger partial charge in [0.15, 0.2) is 0 Å². The summed E-state index contributed by atoms with van der Waals surface area (Å²) in [7, 11) is 0. The van der Waals surface area contributed by atoms with Crippen LogP contribution in [0.15, 0.2) is 18.3 Å². The summed E-state index contributed by atoms with van der Waals surface area (Å²) < 4.78 is 0. The molecule has 1 aromatic rings. The van der Waals surface area contributed by atoms with Crippen LogP contribution in [0.25, 0.3) is 0 Å². The van der Waals surface area contributed by atoms with E-state index < -0.39 is 0 Å². The van der Waals surface area contributed by atoms with Gasteiger partial charge >= 0.3 is 0 Å². The quantitative estimate of drug-likeness (QED) is 0.751. The molecule has 1 fully saturated rings. The third-order valence-electron chi connectivity index (χ3n) is 2.76. The molecule has 0 radical (unpaired) electrons. The van der Waals surface area contributed by atoms with Crippen molar-refractivity contribution >= 4 is 5.82 Å². The Morgan fingerprint density at radius 3 is 2.93 bits per heavy atom. The Kier molecular flexibility index (Phi) is 3.53. The summed E-state index contributed by atoms with van der Waals surface area (Å²) in [4.78, 5) is 11.4. The second kappa shape index (κ2) is 5.09. The minimum absolute atomic E-state index is 0.548. The molecule has 2 N–H and O–H groups in total. The fourth-order valence-electron chi connectivity index (χ4n) is 2.01. The van der Waals surface area contributed by atoms with Crippen molar-refractivity contribution in [2.45, 2.75) is 19.3 Å². The number of pyridine rings is 1. The van der Waals surface area contributed by atoms with E-state index in [1.165, 1.54) is 18.4 Å². The molecule has 1 aromatic heterocycles. The molecular weight excluding hydrogens is 190 g/mol. The summed E-state index contributed by atoms with van der Waals surface area (Å²) in [6.07, 6.45) is 5.21. The first-order valence-electron chi connectivity index (χ1n) is 5.42. The first-order chi connectivity index (χ1) is 7.42. The molecule has 0 unspecified atom stereocenters. The lowest BCUT2D eigenvalue weighted by Gasteiger charge is -2.19. The van der Waals surface area contributed by atoms with Gasteiger partial charge in [0, 0.05) is 25.7 Å². The van der Waals surface area contributed by atoms with Crippen molar-refractivity contribution in [3.63, 3.8) is 0 Å². The van der Waals surface area contributed by atoms with Crippen LogP contribution in [0.2, 0.25) is 0 Å². The van der Waals surface area contributed by atoms with Gasteiger partial charge < -0.3 is 9.74 Å². The van der Waals surface area contributed by atoms with Crippen LogP contribution < -0.4 is 10.8 Å². The lowest BCUT2D eigenvalue weighted by atomic mass is 10.2.